The summed E-state index contributed by atoms with van der Waals surface area (Å²) < 4.78 is 34.7. The van der Waals surface area contributed by atoms with Crippen LogP contribution in [0.3, 0.4) is 0 Å². The molecule has 0 aliphatic heterocycles. The van der Waals surface area contributed by atoms with Crippen molar-refractivity contribution in [2.45, 2.75) is 180 Å². The topological polar surface area (TPSA) is 91.3 Å². The van der Waals surface area contributed by atoms with Gasteiger partial charge in [0.15, 0.2) is 6.10 Å². The number of hydrogen-bond acceptors (Lipinski definition) is 6. The van der Waals surface area contributed by atoms with Crippen molar-refractivity contribution in [1.82, 2.24) is 0 Å². The molecule has 0 saturated heterocycles. The molecule has 0 rings (SSSR count). The van der Waals surface area contributed by atoms with E-state index in [0.29, 0.717) is 17.4 Å². The minimum atomic E-state index is -4.30. The van der Waals surface area contributed by atoms with E-state index in [0.717, 1.165) is 51.4 Å². The molecule has 320 valence electrons. The second-order valence-electron chi connectivity index (χ2n) is 15.8. The van der Waals surface area contributed by atoms with Gasteiger partial charge in [-0.15, -0.1) is 0 Å². The highest BCUT2D eigenvalue weighted by Crippen LogP contribution is 2.43. The van der Waals surface area contributed by atoms with Gasteiger partial charge >= 0.3 is 13.8 Å². The van der Waals surface area contributed by atoms with Crippen molar-refractivity contribution in [2.75, 3.05) is 47.5 Å². The second-order valence-corrected chi connectivity index (χ2v) is 17.2. The third kappa shape index (κ3) is 43.0. The van der Waals surface area contributed by atoms with Crippen molar-refractivity contribution in [2.24, 2.45) is 0 Å². The van der Waals surface area contributed by atoms with Crippen molar-refractivity contribution in [3.05, 3.63) is 60.9 Å². The lowest BCUT2D eigenvalue weighted by Crippen LogP contribution is -2.37. The fourth-order valence-electron chi connectivity index (χ4n) is 5.68. The number of ether oxygens (including phenoxy) is 2. The van der Waals surface area contributed by atoms with Crippen LogP contribution in [0.25, 0.3) is 0 Å². The maximum atomic E-state index is 12.7. The van der Waals surface area contributed by atoms with E-state index in [2.05, 4.69) is 62.5 Å². The van der Waals surface area contributed by atoms with Crippen LogP contribution in [0.4, 0.5) is 0 Å². The Bertz CT molecular complexity index is 1060. The normalized spacial score (nSPS) is 14.3. The van der Waals surface area contributed by atoms with Gasteiger partial charge in [-0.3, -0.25) is 13.8 Å². The lowest BCUT2D eigenvalue weighted by atomic mass is 10.0. The van der Waals surface area contributed by atoms with Crippen LogP contribution in [0.1, 0.15) is 174 Å². The molecule has 0 saturated carbocycles. The third-order valence-corrected chi connectivity index (χ3v) is 10.1. The highest BCUT2D eigenvalue weighted by Gasteiger charge is 2.26. The largest absolute Gasteiger partial charge is 0.498 e. The molecule has 0 aliphatic rings. The molecule has 0 radical (unpaired) electrons. The van der Waals surface area contributed by atoms with Crippen LogP contribution < -0.4 is 0 Å². The van der Waals surface area contributed by atoms with Gasteiger partial charge in [-0.1, -0.05) is 152 Å². The van der Waals surface area contributed by atoms with Crippen LogP contribution in [0.15, 0.2) is 60.9 Å². The molecule has 0 bridgehead atoms. The number of hydrogen-bond donors (Lipinski definition) is 1. The summed E-state index contributed by atoms with van der Waals surface area (Å²) in [6.45, 7) is 4.86. The Kier molecular flexibility index (Phi) is 37.5. The van der Waals surface area contributed by atoms with E-state index in [4.69, 9.17) is 18.5 Å². The van der Waals surface area contributed by atoms with Crippen LogP contribution >= 0.6 is 7.82 Å². The summed E-state index contributed by atoms with van der Waals surface area (Å²) in [4.78, 5) is 22.8. The third-order valence-electron chi connectivity index (χ3n) is 9.15. The molecular weight excluding hydrogens is 709 g/mol. The van der Waals surface area contributed by atoms with Gasteiger partial charge in [-0.25, -0.2) is 4.57 Å². The number of quaternary nitrogens is 1. The molecule has 0 heterocycles. The Balaban J connectivity index is 4.37. The highest BCUT2D eigenvalue weighted by atomic mass is 31.2. The summed E-state index contributed by atoms with van der Waals surface area (Å²) in [6, 6.07) is 0. The Hall–Kier alpha value is -1.96. The molecule has 0 spiro atoms. The summed E-state index contributed by atoms with van der Waals surface area (Å²) in [7, 11) is 1.61. The molecule has 2 atom stereocenters. The van der Waals surface area contributed by atoms with E-state index < -0.39 is 13.9 Å². The number of carbonyl (C=O) groups is 1. The van der Waals surface area contributed by atoms with Crippen LogP contribution in [0.5, 0.6) is 0 Å². The van der Waals surface area contributed by atoms with Crippen LogP contribution in [-0.4, -0.2) is 69.0 Å². The van der Waals surface area contributed by atoms with Crippen molar-refractivity contribution in [3.63, 3.8) is 0 Å². The number of phosphoric ester groups is 1. The standard InChI is InChI=1S/C46H84NO7P/c1-6-8-10-12-14-16-18-20-22-23-24-25-26-27-29-31-33-35-37-39-46(48)54-45(44-53-55(49,50)52-42-40-47(3,4)5)43-51-41-38-36-34-32-30-28-21-19-17-15-13-11-9-7-2/h14,16,20,22,24-25,27,29,38,41,45H,6-13,15,17-19,21,23,26,28,30-37,39-40,42-44H2,1-5H3/p+1/b16-14-,22-20-,25-24-,29-27-,41-38-/t45-/m1/s1. The Labute approximate surface area is 339 Å². The molecule has 0 fully saturated rings. The van der Waals surface area contributed by atoms with E-state index >= 15 is 0 Å². The van der Waals surface area contributed by atoms with Crippen molar-refractivity contribution in [3.8, 4) is 0 Å². The number of rotatable bonds is 40. The number of unbranched alkanes of at least 4 members (excludes halogenated alkanes) is 18. The quantitative estimate of drug-likeness (QED) is 0.0165. The van der Waals surface area contributed by atoms with E-state index in [9.17, 15) is 14.3 Å². The number of likely N-dealkylation sites (N-methyl/N-ethyl adjacent to an activating group) is 1. The van der Waals surface area contributed by atoms with Gasteiger partial charge in [0.05, 0.1) is 34.0 Å². The molecule has 0 aromatic rings. The average Bonchev–Trinajstić information content (AvgIpc) is 3.13. The predicted molar refractivity (Wildman–Crippen MR) is 233 cm³/mol. The molecule has 9 heteroatoms. The summed E-state index contributed by atoms with van der Waals surface area (Å²) in [5, 5.41) is 0. The van der Waals surface area contributed by atoms with Crippen LogP contribution in [0, 0.1) is 0 Å². The molecule has 55 heavy (non-hydrogen) atoms. The molecule has 0 amide bonds. The zero-order valence-corrected chi connectivity index (χ0v) is 37.0. The maximum Gasteiger partial charge on any atom is 0.472 e. The second kappa shape index (κ2) is 38.9. The average molecular weight is 795 g/mol. The van der Waals surface area contributed by atoms with Gasteiger partial charge in [0.25, 0.3) is 0 Å². The van der Waals surface area contributed by atoms with Gasteiger partial charge in [0.1, 0.15) is 19.8 Å². The fraction of sp³-hybridized carbons (Fsp3) is 0.761. The first kappa shape index (κ1) is 53.0. The first-order chi connectivity index (χ1) is 26.6. The summed E-state index contributed by atoms with van der Waals surface area (Å²) in [5.74, 6) is -0.367. The van der Waals surface area contributed by atoms with Gasteiger partial charge in [-0.05, 0) is 70.3 Å². The molecule has 8 nitrogen and oxygen atoms in total. The van der Waals surface area contributed by atoms with Gasteiger partial charge < -0.3 is 18.9 Å². The summed E-state index contributed by atoms with van der Waals surface area (Å²) in [6.07, 6.45) is 49.2. The van der Waals surface area contributed by atoms with Crippen molar-refractivity contribution >= 4 is 13.8 Å². The van der Waals surface area contributed by atoms with E-state index in [1.807, 2.05) is 27.2 Å². The fourth-order valence-corrected chi connectivity index (χ4v) is 6.42. The van der Waals surface area contributed by atoms with E-state index in [1.54, 1.807) is 6.26 Å². The number of allylic oxidation sites excluding steroid dienone is 9. The molecule has 0 aliphatic carbocycles. The molecule has 1 unspecified atom stereocenters. The molecular formula is C46H85NO7P+. The summed E-state index contributed by atoms with van der Waals surface area (Å²) in [5.41, 5.74) is 0. The van der Waals surface area contributed by atoms with E-state index in [-0.39, 0.29) is 32.2 Å². The predicted octanol–water partition coefficient (Wildman–Crippen LogP) is 13.3. The maximum absolute atomic E-state index is 12.7. The highest BCUT2D eigenvalue weighted by molar-refractivity contribution is 7.47. The van der Waals surface area contributed by atoms with E-state index in [1.165, 1.54) is 96.3 Å². The SMILES string of the molecule is CCCCC/C=C\C/C=C\C/C=C\C/C=C\CCCCCC(=O)O[C@H](CO/C=C\CCCCCCCCCCCCCC)COP(=O)(O)OCC[N+](C)(C)C. The summed E-state index contributed by atoms with van der Waals surface area (Å²) >= 11 is 0. The van der Waals surface area contributed by atoms with Crippen LogP contribution in [0.2, 0.25) is 0 Å². The van der Waals surface area contributed by atoms with Gasteiger partial charge in [0.2, 0.25) is 0 Å². The zero-order valence-electron chi connectivity index (χ0n) is 36.1. The smallest absolute Gasteiger partial charge is 0.472 e. The number of phosphoric acid groups is 1. The molecule has 1 N–H and O–H groups in total. The van der Waals surface area contributed by atoms with Crippen molar-refractivity contribution < 1.29 is 37.3 Å². The Morgan fingerprint density at radius 3 is 1.55 bits per heavy atom. The minimum absolute atomic E-state index is 0.0334. The number of esters is 1. The molecule has 0 aromatic heterocycles. The van der Waals surface area contributed by atoms with Crippen LogP contribution in [-0.2, 0) is 27.9 Å². The van der Waals surface area contributed by atoms with Crippen molar-refractivity contribution in [1.29, 1.82) is 0 Å². The monoisotopic (exact) mass is 795 g/mol. The first-order valence-electron chi connectivity index (χ1n) is 22.1. The zero-order chi connectivity index (χ0) is 40.6. The van der Waals surface area contributed by atoms with Gasteiger partial charge in [0, 0.05) is 6.42 Å². The Morgan fingerprint density at radius 1 is 0.582 bits per heavy atom. The number of carbonyl (C=O) groups excluding carboxylic acids is 1. The Morgan fingerprint density at radius 2 is 1.02 bits per heavy atom. The number of nitrogens with zero attached hydrogens (tertiary/aromatic N) is 1. The minimum Gasteiger partial charge on any atom is -0.498 e. The lowest BCUT2D eigenvalue weighted by molar-refractivity contribution is -0.870. The molecule has 0 aromatic carbocycles. The lowest BCUT2D eigenvalue weighted by Gasteiger charge is -2.24. The first-order valence-corrected chi connectivity index (χ1v) is 23.6. The van der Waals surface area contributed by atoms with Gasteiger partial charge in [-0.2, -0.15) is 0 Å².